The molecule has 2 aromatic rings. The van der Waals surface area contributed by atoms with Crippen molar-refractivity contribution in [2.75, 3.05) is 36.4 Å². The van der Waals surface area contributed by atoms with Crippen molar-refractivity contribution < 1.29 is 4.79 Å². The van der Waals surface area contributed by atoms with Crippen molar-refractivity contribution in [3.8, 4) is 0 Å². The van der Waals surface area contributed by atoms with Crippen LogP contribution in [0.4, 0.5) is 16.6 Å². The first-order chi connectivity index (χ1) is 12.3. The largest absolute Gasteiger partial charge is 0.367 e. The van der Waals surface area contributed by atoms with Crippen LogP contribution in [-0.4, -0.2) is 58.2 Å². The second-order valence-electron chi connectivity index (χ2n) is 5.75. The second kappa shape index (κ2) is 8.76. The third-order valence-electron chi connectivity index (χ3n) is 3.87. The fraction of sp³-hybridized carbons (Fsp3) is 0.438. The van der Waals surface area contributed by atoms with E-state index in [1.165, 1.54) is 0 Å². The highest BCUT2D eigenvalue weighted by Crippen LogP contribution is 2.15. The average Bonchev–Trinajstić information content (AvgIpc) is 2.67. The summed E-state index contributed by atoms with van der Waals surface area (Å²) >= 11 is 0. The second-order valence-corrected chi connectivity index (χ2v) is 5.75. The quantitative estimate of drug-likeness (QED) is 0.661. The number of piperidine rings is 1. The Hall–Kier alpha value is -2.97. The molecule has 132 valence electrons. The molecule has 3 rings (SSSR count). The number of urea groups is 1. The molecule has 1 aliphatic rings. The fourth-order valence-corrected chi connectivity index (χ4v) is 2.72. The Bertz CT molecular complexity index is 654. The number of hydrogen-bond acceptors (Lipinski definition) is 7. The highest BCUT2D eigenvalue weighted by Gasteiger charge is 2.22. The van der Waals surface area contributed by atoms with Crippen molar-refractivity contribution in [1.82, 2.24) is 30.6 Å². The van der Waals surface area contributed by atoms with Crippen LogP contribution >= 0.6 is 0 Å². The molecule has 1 atom stereocenters. The molecule has 0 radical (unpaired) electrons. The van der Waals surface area contributed by atoms with Gasteiger partial charge in [0.1, 0.15) is 5.82 Å². The zero-order valence-electron chi connectivity index (χ0n) is 13.9. The zero-order valence-corrected chi connectivity index (χ0v) is 13.9. The van der Waals surface area contributed by atoms with Gasteiger partial charge in [0.05, 0.1) is 6.20 Å². The maximum Gasteiger partial charge on any atom is 0.315 e. The van der Waals surface area contributed by atoms with Crippen molar-refractivity contribution in [3.05, 3.63) is 37.1 Å². The first-order valence-electron chi connectivity index (χ1n) is 8.37. The Labute approximate surface area is 146 Å². The summed E-state index contributed by atoms with van der Waals surface area (Å²) in [6.45, 7) is 2.71. The van der Waals surface area contributed by atoms with Gasteiger partial charge in [-0.2, -0.15) is 0 Å². The maximum absolute atomic E-state index is 12.0. The van der Waals surface area contributed by atoms with Gasteiger partial charge in [-0.05, 0) is 18.9 Å². The molecule has 0 aromatic carbocycles. The van der Waals surface area contributed by atoms with E-state index in [1.54, 1.807) is 37.1 Å². The minimum absolute atomic E-state index is 0.0884. The predicted molar refractivity (Wildman–Crippen MR) is 94.3 cm³/mol. The normalized spacial score (nSPS) is 17.0. The van der Waals surface area contributed by atoms with Crippen LogP contribution in [-0.2, 0) is 0 Å². The summed E-state index contributed by atoms with van der Waals surface area (Å²) in [7, 11) is 0. The van der Waals surface area contributed by atoms with Gasteiger partial charge in [0.25, 0.3) is 0 Å². The van der Waals surface area contributed by atoms with Gasteiger partial charge >= 0.3 is 6.03 Å². The van der Waals surface area contributed by atoms with E-state index in [1.807, 2.05) is 0 Å². The van der Waals surface area contributed by atoms with Gasteiger partial charge in [0.2, 0.25) is 5.95 Å². The molecular formula is C16H22N8O. The van der Waals surface area contributed by atoms with Crippen LogP contribution in [0, 0.1) is 0 Å². The van der Waals surface area contributed by atoms with Crippen LogP contribution in [0.25, 0.3) is 0 Å². The Morgan fingerprint density at radius 2 is 2.04 bits per heavy atom. The number of anilines is 2. The molecule has 1 fully saturated rings. The fourth-order valence-electron chi connectivity index (χ4n) is 2.72. The van der Waals surface area contributed by atoms with Crippen LogP contribution in [0.5, 0.6) is 0 Å². The van der Waals surface area contributed by atoms with E-state index in [0.29, 0.717) is 24.9 Å². The van der Waals surface area contributed by atoms with E-state index in [0.717, 1.165) is 25.9 Å². The number of carbonyl (C=O) groups excluding carboxylic acids is 1. The highest BCUT2D eigenvalue weighted by molar-refractivity contribution is 5.74. The minimum atomic E-state index is -0.165. The van der Waals surface area contributed by atoms with Gasteiger partial charge in [-0.25, -0.2) is 19.7 Å². The lowest BCUT2D eigenvalue weighted by atomic mass is 10.1. The molecule has 9 nitrogen and oxygen atoms in total. The number of carbonyl (C=O) groups is 1. The number of aromatic nitrogens is 4. The van der Waals surface area contributed by atoms with Gasteiger partial charge < -0.3 is 20.9 Å². The van der Waals surface area contributed by atoms with Crippen molar-refractivity contribution in [1.29, 1.82) is 0 Å². The summed E-state index contributed by atoms with van der Waals surface area (Å²) in [5.41, 5.74) is 0. The number of amides is 2. The molecule has 0 spiro atoms. The van der Waals surface area contributed by atoms with Crippen LogP contribution in [0.3, 0.4) is 0 Å². The summed E-state index contributed by atoms with van der Waals surface area (Å²) in [5.74, 6) is 1.40. The number of hydrogen-bond donors (Lipinski definition) is 3. The van der Waals surface area contributed by atoms with Crippen LogP contribution in [0.2, 0.25) is 0 Å². The van der Waals surface area contributed by atoms with Crippen LogP contribution in [0.15, 0.2) is 37.1 Å². The summed E-state index contributed by atoms with van der Waals surface area (Å²) in [6, 6.07) is 1.72. The Morgan fingerprint density at radius 3 is 2.84 bits per heavy atom. The Morgan fingerprint density at radius 1 is 1.16 bits per heavy atom. The average molecular weight is 342 g/mol. The molecule has 1 unspecified atom stereocenters. The first kappa shape index (κ1) is 16.9. The van der Waals surface area contributed by atoms with E-state index in [-0.39, 0.29) is 12.1 Å². The highest BCUT2D eigenvalue weighted by atomic mass is 16.2. The molecule has 2 aromatic heterocycles. The van der Waals surface area contributed by atoms with Gasteiger partial charge in [-0.1, -0.05) is 0 Å². The lowest BCUT2D eigenvalue weighted by Crippen LogP contribution is -2.51. The van der Waals surface area contributed by atoms with Crippen molar-refractivity contribution in [3.63, 3.8) is 0 Å². The summed E-state index contributed by atoms with van der Waals surface area (Å²) in [6.07, 6.45) is 10.3. The molecule has 2 amide bonds. The third-order valence-corrected chi connectivity index (χ3v) is 3.87. The molecule has 1 aliphatic heterocycles. The Kier molecular flexibility index (Phi) is 5.91. The van der Waals surface area contributed by atoms with Gasteiger partial charge in [0.15, 0.2) is 0 Å². The molecular weight excluding hydrogens is 320 g/mol. The third kappa shape index (κ3) is 5.27. The topological polar surface area (TPSA) is 108 Å². The molecule has 9 heteroatoms. The van der Waals surface area contributed by atoms with Crippen molar-refractivity contribution in [2.24, 2.45) is 0 Å². The molecule has 25 heavy (non-hydrogen) atoms. The Balaban J connectivity index is 1.37. The first-order valence-corrected chi connectivity index (χ1v) is 8.37. The minimum Gasteiger partial charge on any atom is -0.367 e. The van der Waals surface area contributed by atoms with E-state index < -0.39 is 0 Å². The van der Waals surface area contributed by atoms with E-state index >= 15 is 0 Å². The van der Waals surface area contributed by atoms with Crippen molar-refractivity contribution in [2.45, 2.75) is 18.9 Å². The van der Waals surface area contributed by atoms with E-state index in [4.69, 9.17) is 0 Å². The predicted octanol–water partition coefficient (Wildman–Crippen LogP) is 0.647. The molecule has 0 saturated carbocycles. The van der Waals surface area contributed by atoms with Crippen LogP contribution < -0.4 is 20.9 Å². The van der Waals surface area contributed by atoms with Gasteiger partial charge in [0, 0.05) is 57.0 Å². The lowest BCUT2D eigenvalue weighted by molar-refractivity contribution is 0.235. The molecule has 1 saturated heterocycles. The monoisotopic (exact) mass is 342 g/mol. The smallest absolute Gasteiger partial charge is 0.315 e. The van der Waals surface area contributed by atoms with E-state index in [9.17, 15) is 4.79 Å². The standard InChI is InChI=1S/C16H22N8O/c25-16(22-9-8-19-14-11-17-6-7-18-14)23-13-3-1-10-24(12-13)15-20-4-2-5-21-15/h2,4-7,11,13H,1,3,8-10,12H2,(H,18,19)(H2,22,23,25). The summed E-state index contributed by atoms with van der Waals surface area (Å²) < 4.78 is 0. The van der Waals surface area contributed by atoms with E-state index in [2.05, 4.69) is 40.8 Å². The number of nitrogens with zero attached hydrogens (tertiary/aromatic N) is 5. The SMILES string of the molecule is O=C(NCCNc1cnccn1)NC1CCCN(c2ncccn2)C1. The lowest BCUT2D eigenvalue weighted by Gasteiger charge is -2.33. The molecule has 3 N–H and O–H groups in total. The number of nitrogens with one attached hydrogen (secondary N) is 3. The van der Waals surface area contributed by atoms with Gasteiger partial charge in [-0.3, -0.25) is 4.98 Å². The molecule has 0 bridgehead atoms. The van der Waals surface area contributed by atoms with Crippen LogP contribution in [0.1, 0.15) is 12.8 Å². The zero-order chi connectivity index (χ0) is 17.3. The molecule has 0 aliphatic carbocycles. The summed E-state index contributed by atoms with van der Waals surface area (Å²) in [4.78, 5) is 30.8. The number of rotatable bonds is 6. The maximum atomic E-state index is 12.0. The van der Waals surface area contributed by atoms with Gasteiger partial charge in [-0.15, -0.1) is 0 Å². The summed E-state index contributed by atoms with van der Waals surface area (Å²) in [5, 5.41) is 8.95. The van der Waals surface area contributed by atoms with Crippen molar-refractivity contribution >= 4 is 17.8 Å². The molecule has 3 heterocycles.